The Labute approximate surface area is 86.0 Å². The Kier molecular flexibility index (Phi) is 2.50. The first-order valence-electron chi connectivity index (χ1n) is 4.16. The normalized spacial score (nSPS) is 10.4. The zero-order chi connectivity index (χ0) is 9.97. The molecule has 14 heavy (non-hydrogen) atoms. The maximum absolute atomic E-state index is 13.2. The van der Waals surface area contributed by atoms with Crippen molar-refractivity contribution in [3.63, 3.8) is 0 Å². The highest BCUT2D eigenvalue weighted by Crippen LogP contribution is 2.10. The van der Waals surface area contributed by atoms with Crippen LogP contribution < -0.4 is 0 Å². The fourth-order valence-corrected chi connectivity index (χ4v) is 1.41. The number of rotatable bonds is 2. The highest BCUT2D eigenvalue weighted by Gasteiger charge is 2.01. The van der Waals surface area contributed by atoms with Crippen molar-refractivity contribution in [3.05, 3.63) is 53.3 Å². The summed E-state index contributed by atoms with van der Waals surface area (Å²) in [5.74, 6) is -0.211. The van der Waals surface area contributed by atoms with Crippen molar-refractivity contribution >= 4 is 11.6 Å². The summed E-state index contributed by atoms with van der Waals surface area (Å²) in [5.41, 5.74) is 0.626. The number of hydrogen-bond acceptors (Lipinski definition) is 1. The van der Waals surface area contributed by atoms with E-state index in [9.17, 15) is 4.39 Å². The molecule has 0 fully saturated rings. The summed E-state index contributed by atoms with van der Waals surface area (Å²) in [7, 11) is 0. The van der Waals surface area contributed by atoms with Crippen molar-refractivity contribution in [3.8, 4) is 0 Å². The zero-order valence-corrected chi connectivity index (χ0v) is 8.08. The van der Waals surface area contributed by atoms with Crippen LogP contribution in [0.5, 0.6) is 0 Å². The molecule has 1 aromatic heterocycles. The summed E-state index contributed by atoms with van der Waals surface area (Å²) in [6.07, 6.45) is 3.24. The lowest BCUT2D eigenvalue weighted by atomic mass is 10.2. The van der Waals surface area contributed by atoms with Gasteiger partial charge in [-0.1, -0.05) is 29.8 Å². The van der Waals surface area contributed by atoms with Gasteiger partial charge in [0.15, 0.2) is 0 Å². The van der Waals surface area contributed by atoms with Gasteiger partial charge in [0.05, 0.1) is 12.9 Å². The molecule has 72 valence electrons. The Bertz CT molecular complexity index is 439. The Morgan fingerprint density at radius 3 is 2.79 bits per heavy atom. The second kappa shape index (κ2) is 3.80. The van der Waals surface area contributed by atoms with Gasteiger partial charge in [0, 0.05) is 11.8 Å². The summed E-state index contributed by atoms with van der Waals surface area (Å²) < 4.78 is 15.0. The van der Waals surface area contributed by atoms with E-state index in [4.69, 9.17) is 11.6 Å². The van der Waals surface area contributed by atoms with E-state index in [0.717, 1.165) is 0 Å². The Balaban J connectivity index is 2.23. The van der Waals surface area contributed by atoms with Gasteiger partial charge < -0.3 is 4.57 Å². The Morgan fingerprint density at radius 1 is 1.36 bits per heavy atom. The summed E-state index contributed by atoms with van der Waals surface area (Å²) in [6, 6.07) is 6.65. The molecule has 0 saturated carbocycles. The number of hydrogen-bond donors (Lipinski definition) is 0. The van der Waals surface area contributed by atoms with Crippen LogP contribution in [0.3, 0.4) is 0 Å². The van der Waals surface area contributed by atoms with Crippen LogP contribution in [0.25, 0.3) is 0 Å². The van der Waals surface area contributed by atoms with Crippen molar-refractivity contribution in [1.82, 2.24) is 9.55 Å². The highest BCUT2D eigenvalue weighted by atomic mass is 35.5. The Hall–Kier alpha value is -1.35. The van der Waals surface area contributed by atoms with Crippen molar-refractivity contribution in [2.45, 2.75) is 6.54 Å². The number of halogens is 2. The molecule has 0 spiro atoms. The first-order valence-corrected chi connectivity index (χ1v) is 4.54. The number of aromatic nitrogens is 2. The molecule has 1 aromatic carbocycles. The van der Waals surface area contributed by atoms with E-state index in [1.54, 1.807) is 35.3 Å². The molecule has 2 rings (SSSR count). The number of nitrogens with zero attached hydrogens (tertiary/aromatic N) is 2. The third kappa shape index (κ3) is 1.93. The molecule has 4 heteroatoms. The molecule has 0 aliphatic carbocycles. The average molecular weight is 211 g/mol. The topological polar surface area (TPSA) is 17.8 Å². The summed E-state index contributed by atoms with van der Waals surface area (Å²) in [4.78, 5) is 3.85. The van der Waals surface area contributed by atoms with Crippen LogP contribution in [0.4, 0.5) is 4.39 Å². The SMILES string of the molecule is Fc1ccccc1Cn1cnc(Cl)c1. The molecular weight excluding hydrogens is 203 g/mol. The fourth-order valence-electron chi connectivity index (χ4n) is 1.24. The van der Waals surface area contributed by atoms with Gasteiger partial charge in [0.1, 0.15) is 11.0 Å². The number of imidazole rings is 1. The van der Waals surface area contributed by atoms with Crippen LogP contribution in [-0.4, -0.2) is 9.55 Å². The molecule has 0 aliphatic rings. The first-order chi connectivity index (χ1) is 6.75. The molecule has 0 saturated heterocycles. The van der Waals surface area contributed by atoms with E-state index < -0.39 is 0 Å². The maximum Gasteiger partial charge on any atom is 0.146 e. The minimum absolute atomic E-state index is 0.211. The lowest BCUT2D eigenvalue weighted by Crippen LogP contribution is -1.98. The number of benzene rings is 1. The molecule has 0 amide bonds. The van der Waals surface area contributed by atoms with Gasteiger partial charge in [-0.3, -0.25) is 0 Å². The summed E-state index contributed by atoms with van der Waals surface area (Å²) in [5, 5.41) is 0.418. The molecule has 0 unspecified atom stereocenters. The van der Waals surface area contributed by atoms with Crippen LogP contribution in [0, 0.1) is 5.82 Å². The largest absolute Gasteiger partial charge is 0.331 e. The molecule has 2 nitrogen and oxygen atoms in total. The minimum atomic E-state index is -0.211. The molecule has 0 aliphatic heterocycles. The van der Waals surface area contributed by atoms with Crippen LogP contribution in [0.2, 0.25) is 5.15 Å². The van der Waals surface area contributed by atoms with E-state index in [2.05, 4.69) is 4.98 Å². The summed E-state index contributed by atoms with van der Waals surface area (Å²) in [6.45, 7) is 0.451. The van der Waals surface area contributed by atoms with Gasteiger partial charge in [0.2, 0.25) is 0 Å². The second-order valence-electron chi connectivity index (χ2n) is 2.96. The van der Waals surface area contributed by atoms with Gasteiger partial charge in [-0.15, -0.1) is 0 Å². The molecule has 2 aromatic rings. The molecular formula is C10H8ClFN2. The van der Waals surface area contributed by atoms with E-state index in [0.29, 0.717) is 17.3 Å². The molecule has 0 N–H and O–H groups in total. The third-order valence-corrected chi connectivity index (χ3v) is 2.11. The van der Waals surface area contributed by atoms with Crippen LogP contribution in [0.15, 0.2) is 36.8 Å². The van der Waals surface area contributed by atoms with Crippen molar-refractivity contribution in [2.75, 3.05) is 0 Å². The van der Waals surface area contributed by atoms with Crippen LogP contribution >= 0.6 is 11.6 Å². The highest BCUT2D eigenvalue weighted by molar-refractivity contribution is 6.29. The predicted molar refractivity (Wildman–Crippen MR) is 52.7 cm³/mol. The lowest BCUT2D eigenvalue weighted by Gasteiger charge is -2.02. The molecule has 0 radical (unpaired) electrons. The Morgan fingerprint density at radius 2 is 2.14 bits per heavy atom. The zero-order valence-electron chi connectivity index (χ0n) is 7.32. The van der Waals surface area contributed by atoms with Gasteiger partial charge in [-0.05, 0) is 6.07 Å². The van der Waals surface area contributed by atoms with Crippen molar-refractivity contribution in [1.29, 1.82) is 0 Å². The van der Waals surface area contributed by atoms with Gasteiger partial charge in [0.25, 0.3) is 0 Å². The van der Waals surface area contributed by atoms with Crippen LogP contribution in [-0.2, 0) is 6.54 Å². The van der Waals surface area contributed by atoms with E-state index in [1.165, 1.54) is 6.07 Å². The van der Waals surface area contributed by atoms with Crippen molar-refractivity contribution in [2.24, 2.45) is 0 Å². The van der Waals surface area contributed by atoms with Gasteiger partial charge >= 0.3 is 0 Å². The molecule has 0 atom stereocenters. The average Bonchev–Trinajstić information content (AvgIpc) is 2.56. The second-order valence-corrected chi connectivity index (χ2v) is 3.35. The summed E-state index contributed by atoms with van der Waals surface area (Å²) >= 11 is 5.64. The van der Waals surface area contributed by atoms with Gasteiger partial charge in [-0.2, -0.15) is 0 Å². The van der Waals surface area contributed by atoms with Gasteiger partial charge in [-0.25, -0.2) is 9.37 Å². The fraction of sp³-hybridized carbons (Fsp3) is 0.100. The standard InChI is InChI=1S/C10H8ClFN2/c11-10-6-14(7-13-10)5-8-3-1-2-4-9(8)12/h1-4,6-7H,5H2. The predicted octanol–water partition coefficient (Wildman–Crippen LogP) is 2.72. The lowest BCUT2D eigenvalue weighted by molar-refractivity contribution is 0.599. The monoisotopic (exact) mass is 210 g/mol. The molecule has 0 bridgehead atoms. The quantitative estimate of drug-likeness (QED) is 0.745. The first kappa shape index (κ1) is 9.21. The maximum atomic E-state index is 13.2. The van der Waals surface area contributed by atoms with E-state index in [1.807, 2.05) is 0 Å². The van der Waals surface area contributed by atoms with Crippen LogP contribution in [0.1, 0.15) is 5.56 Å². The minimum Gasteiger partial charge on any atom is -0.331 e. The van der Waals surface area contributed by atoms with E-state index in [-0.39, 0.29) is 5.82 Å². The molecule has 1 heterocycles. The smallest absolute Gasteiger partial charge is 0.146 e. The van der Waals surface area contributed by atoms with E-state index >= 15 is 0 Å². The van der Waals surface area contributed by atoms with Crippen molar-refractivity contribution < 1.29 is 4.39 Å². The third-order valence-electron chi connectivity index (χ3n) is 1.91.